The molecule has 39 heavy (non-hydrogen) atoms. The average Bonchev–Trinajstić information content (AvgIpc) is 3.01. The van der Waals surface area contributed by atoms with Crippen LogP contribution in [0.25, 0.3) is 53.9 Å². The van der Waals surface area contributed by atoms with E-state index in [-0.39, 0.29) is 0 Å². The highest BCUT2D eigenvalue weighted by Gasteiger charge is 2.20. The first kappa shape index (κ1) is 21.9. The van der Waals surface area contributed by atoms with Crippen LogP contribution in [0.3, 0.4) is 0 Å². The molecule has 0 aliphatic rings. The number of anilines is 3. The second-order valence-electron chi connectivity index (χ2n) is 10.2. The van der Waals surface area contributed by atoms with E-state index in [9.17, 15) is 0 Å². The molecular formula is C38H25N. The van der Waals surface area contributed by atoms with Gasteiger partial charge in [-0.2, -0.15) is 0 Å². The van der Waals surface area contributed by atoms with Gasteiger partial charge in [0.25, 0.3) is 0 Å². The smallest absolute Gasteiger partial charge is 0.0546 e. The molecule has 8 aromatic carbocycles. The van der Waals surface area contributed by atoms with Crippen LogP contribution in [0, 0.1) is 0 Å². The van der Waals surface area contributed by atoms with Gasteiger partial charge in [-0.05, 0) is 67.4 Å². The SMILES string of the molecule is c1ccc2cc(N(c3cc4ccccc4c4ccccc34)c3cc4ccccc4c4ccccc34)ccc2c1. The van der Waals surface area contributed by atoms with Crippen LogP contribution in [-0.4, -0.2) is 0 Å². The summed E-state index contributed by atoms with van der Waals surface area (Å²) in [7, 11) is 0. The van der Waals surface area contributed by atoms with Gasteiger partial charge in [-0.3, -0.25) is 0 Å². The fourth-order valence-electron chi connectivity index (χ4n) is 6.16. The zero-order valence-corrected chi connectivity index (χ0v) is 21.4. The second-order valence-corrected chi connectivity index (χ2v) is 10.2. The molecule has 0 heterocycles. The van der Waals surface area contributed by atoms with Crippen LogP contribution < -0.4 is 4.90 Å². The number of hydrogen-bond acceptors (Lipinski definition) is 1. The van der Waals surface area contributed by atoms with Crippen molar-refractivity contribution in [1.29, 1.82) is 0 Å². The molecule has 1 heteroatoms. The van der Waals surface area contributed by atoms with Gasteiger partial charge >= 0.3 is 0 Å². The molecule has 182 valence electrons. The molecule has 0 saturated heterocycles. The number of hydrogen-bond donors (Lipinski definition) is 0. The van der Waals surface area contributed by atoms with E-state index in [4.69, 9.17) is 0 Å². The number of nitrogens with zero attached hydrogens (tertiary/aromatic N) is 1. The first-order chi connectivity index (χ1) is 19.3. The Hall–Kier alpha value is -5.14. The van der Waals surface area contributed by atoms with E-state index in [1.165, 1.54) is 65.2 Å². The van der Waals surface area contributed by atoms with Gasteiger partial charge in [0.05, 0.1) is 11.4 Å². The van der Waals surface area contributed by atoms with Crippen molar-refractivity contribution in [1.82, 2.24) is 0 Å². The van der Waals surface area contributed by atoms with Crippen molar-refractivity contribution in [3.8, 4) is 0 Å². The van der Waals surface area contributed by atoms with E-state index in [1.54, 1.807) is 0 Å². The molecule has 0 unspecified atom stereocenters. The van der Waals surface area contributed by atoms with Crippen LogP contribution in [0.4, 0.5) is 17.1 Å². The van der Waals surface area contributed by atoms with Crippen molar-refractivity contribution in [2.45, 2.75) is 0 Å². The molecule has 0 fully saturated rings. The highest BCUT2D eigenvalue weighted by atomic mass is 15.1. The molecular weight excluding hydrogens is 470 g/mol. The van der Waals surface area contributed by atoms with Gasteiger partial charge in [0.1, 0.15) is 0 Å². The Morgan fingerprint density at radius 3 is 1.23 bits per heavy atom. The summed E-state index contributed by atoms with van der Waals surface area (Å²) in [6, 6.07) is 55.2. The molecule has 0 aliphatic heterocycles. The molecule has 0 aromatic heterocycles. The molecule has 0 saturated carbocycles. The monoisotopic (exact) mass is 495 g/mol. The Kier molecular flexibility index (Phi) is 4.89. The lowest BCUT2D eigenvalue weighted by molar-refractivity contribution is 1.33. The summed E-state index contributed by atoms with van der Waals surface area (Å²) >= 11 is 0. The van der Waals surface area contributed by atoms with E-state index < -0.39 is 0 Å². The largest absolute Gasteiger partial charge is 0.309 e. The Morgan fingerprint density at radius 2 is 0.692 bits per heavy atom. The van der Waals surface area contributed by atoms with E-state index >= 15 is 0 Å². The summed E-state index contributed by atoms with van der Waals surface area (Å²) in [6.45, 7) is 0. The van der Waals surface area contributed by atoms with E-state index in [1.807, 2.05) is 0 Å². The first-order valence-corrected chi connectivity index (χ1v) is 13.5. The molecule has 0 aliphatic carbocycles. The molecule has 0 spiro atoms. The molecule has 0 radical (unpaired) electrons. The average molecular weight is 496 g/mol. The Balaban J connectivity index is 1.54. The van der Waals surface area contributed by atoms with Crippen molar-refractivity contribution in [2.75, 3.05) is 4.90 Å². The summed E-state index contributed by atoms with van der Waals surface area (Å²) in [5.74, 6) is 0. The van der Waals surface area contributed by atoms with Crippen LogP contribution in [0.15, 0.2) is 152 Å². The van der Waals surface area contributed by atoms with E-state index in [2.05, 4.69) is 157 Å². The van der Waals surface area contributed by atoms with Gasteiger partial charge in [0.15, 0.2) is 0 Å². The van der Waals surface area contributed by atoms with E-state index in [0.717, 1.165) is 5.69 Å². The molecule has 0 N–H and O–H groups in total. The Bertz CT molecular complexity index is 2070. The zero-order chi connectivity index (χ0) is 25.8. The summed E-state index contributed by atoms with van der Waals surface area (Å²) in [6.07, 6.45) is 0. The minimum Gasteiger partial charge on any atom is -0.309 e. The molecule has 8 rings (SSSR count). The summed E-state index contributed by atoms with van der Waals surface area (Å²) in [5.41, 5.74) is 3.51. The van der Waals surface area contributed by atoms with E-state index in [0.29, 0.717) is 0 Å². The van der Waals surface area contributed by atoms with Gasteiger partial charge in [-0.15, -0.1) is 0 Å². The van der Waals surface area contributed by atoms with Crippen molar-refractivity contribution in [3.63, 3.8) is 0 Å². The molecule has 0 atom stereocenters. The normalized spacial score (nSPS) is 11.6. The van der Waals surface area contributed by atoms with Crippen molar-refractivity contribution < 1.29 is 0 Å². The standard InChI is InChI=1S/C38H25N/c1-2-12-27-23-30(22-21-26(27)11-1)39(37-24-28-13-3-5-15-31(28)33-17-7-9-19-35(33)37)38-25-29-14-4-6-16-32(29)34-18-8-10-20-36(34)38/h1-25H. The molecule has 8 aromatic rings. The third-order valence-electron chi connectivity index (χ3n) is 7.97. The van der Waals surface area contributed by atoms with Crippen molar-refractivity contribution in [3.05, 3.63) is 152 Å². The lowest BCUT2D eigenvalue weighted by atomic mass is 9.96. The third kappa shape index (κ3) is 3.48. The fourth-order valence-corrected chi connectivity index (χ4v) is 6.16. The topological polar surface area (TPSA) is 3.24 Å². The predicted molar refractivity (Wildman–Crippen MR) is 169 cm³/mol. The van der Waals surface area contributed by atoms with Crippen LogP contribution in [0.1, 0.15) is 0 Å². The minimum atomic E-state index is 1.15. The zero-order valence-electron chi connectivity index (χ0n) is 21.4. The fraction of sp³-hybridized carbons (Fsp3) is 0. The number of fused-ring (bicyclic) bond motifs is 7. The first-order valence-electron chi connectivity index (χ1n) is 13.5. The maximum Gasteiger partial charge on any atom is 0.0546 e. The van der Waals surface area contributed by atoms with Crippen LogP contribution >= 0.6 is 0 Å². The predicted octanol–water partition coefficient (Wildman–Crippen LogP) is 10.9. The quantitative estimate of drug-likeness (QED) is 0.220. The van der Waals surface area contributed by atoms with Gasteiger partial charge in [-0.25, -0.2) is 0 Å². The van der Waals surface area contributed by atoms with Crippen LogP contribution in [0.2, 0.25) is 0 Å². The molecule has 0 bridgehead atoms. The summed E-state index contributed by atoms with van der Waals surface area (Å²) in [4.78, 5) is 2.47. The van der Waals surface area contributed by atoms with Crippen molar-refractivity contribution in [2.24, 2.45) is 0 Å². The highest BCUT2D eigenvalue weighted by molar-refractivity contribution is 6.18. The van der Waals surface area contributed by atoms with Crippen LogP contribution in [-0.2, 0) is 0 Å². The van der Waals surface area contributed by atoms with Gasteiger partial charge < -0.3 is 4.90 Å². The summed E-state index contributed by atoms with van der Waals surface area (Å²) in [5, 5.41) is 12.5. The summed E-state index contributed by atoms with van der Waals surface area (Å²) < 4.78 is 0. The van der Waals surface area contributed by atoms with Crippen molar-refractivity contribution >= 4 is 70.9 Å². The number of rotatable bonds is 3. The second kappa shape index (κ2) is 8.72. The maximum atomic E-state index is 2.47. The maximum absolute atomic E-state index is 2.47. The Morgan fingerprint density at radius 1 is 0.282 bits per heavy atom. The molecule has 1 nitrogen and oxygen atoms in total. The third-order valence-corrected chi connectivity index (χ3v) is 7.97. The van der Waals surface area contributed by atoms with Crippen LogP contribution in [0.5, 0.6) is 0 Å². The van der Waals surface area contributed by atoms with Gasteiger partial charge in [0, 0.05) is 16.5 Å². The Labute approximate surface area is 227 Å². The van der Waals surface area contributed by atoms with Gasteiger partial charge in [-0.1, -0.05) is 127 Å². The van der Waals surface area contributed by atoms with Gasteiger partial charge in [0.2, 0.25) is 0 Å². The number of benzene rings is 8. The molecule has 0 amide bonds. The lowest BCUT2D eigenvalue weighted by Gasteiger charge is -2.29. The minimum absolute atomic E-state index is 1.15. The highest BCUT2D eigenvalue weighted by Crippen LogP contribution is 2.46. The lowest BCUT2D eigenvalue weighted by Crippen LogP contribution is -2.11.